The quantitative estimate of drug-likeness (QED) is 0.265. The van der Waals surface area contributed by atoms with E-state index < -0.39 is 47.7 Å². The number of rotatable bonds is 2. The molecule has 0 aromatic carbocycles. The number of aliphatic hydroxyl groups is 4. The van der Waals surface area contributed by atoms with Crippen LogP contribution in [0.3, 0.4) is 0 Å². The maximum absolute atomic E-state index is 14.8. The van der Waals surface area contributed by atoms with Crippen LogP contribution in [-0.4, -0.2) is 93.4 Å². The third kappa shape index (κ3) is 3.32. The van der Waals surface area contributed by atoms with Crippen molar-refractivity contribution >= 4 is 5.78 Å². The van der Waals surface area contributed by atoms with Crippen molar-refractivity contribution in [1.29, 1.82) is 0 Å². The molecule has 9 aliphatic rings. The molecule has 252 valence electrons. The molecule has 0 amide bonds. The van der Waals surface area contributed by atoms with E-state index in [1.54, 1.807) is 0 Å². The molecule has 0 bridgehead atoms. The van der Waals surface area contributed by atoms with Gasteiger partial charge >= 0.3 is 0 Å². The van der Waals surface area contributed by atoms with Crippen LogP contribution in [0.1, 0.15) is 92.9 Å². The third-order valence-electron chi connectivity index (χ3n) is 16.2. The molecule has 4 saturated heterocycles. The summed E-state index contributed by atoms with van der Waals surface area (Å²) >= 11 is 0. The van der Waals surface area contributed by atoms with Gasteiger partial charge in [-0.3, -0.25) is 4.79 Å². The third-order valence-corrected chi connectivity index (χ3v) is 16.2. The van der Waals surface area contributed by atoms with E-state index >= 15 is 0 Å². The molecule has 18 atom stereocenters. The van der Waals surface area contributed by atoms with Gasteiger partial charge in [0.05, 0.1) is 18.8 Å². The summed E-state index contributed by atoms with van der Waals surface area (Å²) < 4.78 is 31.1. The molecule has 4 heterocycles. The average Bonchev–Trinajstić information content (AvgIpc) is 3.80. The molecule has 0 aromatic rings. The van der Waals surface area contributed by atoms with Crippen LogP contribution in [-0.2, 0) is 28.5 Å². The normalized spacial score (nSPS) is 65.2. The zero-order valence-electron chi connectivity index (χ0n) is 27.5. The molecule has 1 unspecified atom stereocenters. The van der Waals surface area contributed by atoms with Crippen LogP contribution in [0.25, 0.3) is 0 Å². The van der Waals surface area contributed by atoms with Crippen LogP contribution in [0.4, 0.5) is 0 Å². The first-order valence-electron chi connectivity index (χ1n) is 17.6. The number of Topliss-reactive ketones (excluding diaryl/α,β-unsaturated/α-hetero) is 1. The van der Waals surface area contributed by atoms with E-state index in [0.717, 1.165) is 38.5 Å². The highest BCUT2D eigenvalue weighted by molar-refractivity contribution is 5.89. The smallest absolute Gasteiger partial charge is 0.201 e. The summed E-state index contributed by atoms with van der Waals surface area (Å²) in [7, 11) is 0. The van der Waals surface area contributed by atoms with Crippen molar-refractivity contribution in [3.05, 3.63) is 0 Å². The van der Waals surface area contributed by atoms with E-state index in [2.05, 4.69) is 34.6 Å². The molecule has 0 aromatic heterocycles. The number of fused-ring (bicyclic) bond motifs is 6. The minimum absolute atomic E-state index is 0.0166. The standard InChI is InChI=1S/C35H52O10/c1-16-11-35(27-32(6,44-27)28(40)45-35)43-18-12-30(4)20-8-7-19-29(2,3)22(42-26-25(39)24(38)17(36)14-41-26)9-10-33(19)15-34(20,33)13-21(37)31(30,5)23(16)18/h16-20,22-28,36,38-40H,7-15H2,1-6H3/t16-,17-,18+,19+,20+,22+,23+,24+,25-,26+,27-,28?,30+,31-,32+,33-,34+,35-/m1/s1. The zero-order valence-corrected chi connectivity index (χ0v) is 27.5. The summed E-state index contributed by atoms with van der Waals surface area (Å²) in [6, 6.07) is 0. The van der Waals surface area contributed by atoms with Crippen LogP contribution in [0, 0.1) is 50.7 Å². The van der Waals surface area contributed by atoms with E-state index in [1.807, 2.05) is 6.92 Å². The lowest BCUT2D eigenvalue weighted by Gasteiger charge is -2.62. The second-order valence-electron chi connectivity index (χ2n) is 18.2. The number of ether oxygens (including phenoxy) is 5. The zero-order chi connectivity index (χ0) is 31.9. The number of aliphatic hydroxyl groups excluding tert-OH is 4. The summed E-state index contributed by atoms with van der Waals surface area (Å²) in [5.41, 5.74) is -1.53. The van der Waals surface area contributed by atoms with Gasteiger partial charge in [0.25, 0.3) is 0 Å². The molecular formula is C35H52O10. The molecule has 10 heteroatoms. The second kappa shape index (κ2) is 8.72. The van der Waals surface area contributed by atoms with Crippen molar-refractivity contribution in [3.63, 3.8) is 0 Å². The number of hydrogen-bond donors (Lipinski definition) is 4. The number of carbonyl (C=O) groups is 1. The molecule has 10 nitrogen and oxygen atoms in total. The highest BCUT2D eigenvalue weighted by atomic mass is 16.8. The number of hydrogen-bond acceptors (Lipinski definition) is 10. The van der Waals surface area contributed by atoms with Crippen molar-refractivity contribution in [1.82, 2.24) is 0 Å². The van der Waals surface area contributed by atoms with Gasteiger partial charge in [-0.15, -0.1) is 0 Å². The molecule has 45 heavy (non-hydrogen) atoms. The summed E-state index contributed by atoms with van der Waals surface area (Å²) in [4.78, 5) is 14.8. The van der Waals surface area contributed by atoms with Crippen LogP contribution in [0.2, 0.25) is 0 Å². The van der Waals surface area contributed by atoms with Crippen molar-refractivity contribution in [2.45, 2.75) is 154 Å². The first kappa shape index (κ1) is 30.4. The monoisotopic (exact) mass is 632 g/mol. The molecule has 9 fully saturated rings. The molecule has 5 aliphatic carbocycles. The Kier molecular flexibility index (Phi) is 5.88. The topological polar surface area (TPSA) is 147 Å². The largest absolute Gasteiger partial charge is 0.388 e. The fourth-order valence-electron chi connectivity index (χ4n) is 14.0. The minimum Gasteiger partial charge on any atom is -0.388 e. The van der Waals surface area contributed by atoms with Gasteiger partial charge in [-0.1, -0.05) is 34.6 Å². The molecule has 4 aliphatic heterocycles. The van der Waals surface area contributed by atoms with Gasteiger partial charge < -0.3 is 44.1 Å². The van der Waals surface area contributed by atoms with E-state index in [0.29, 0.717) is 30.5 Å². The van der Waals surface area contributed by atoms with Gasteiger partial charge in [0.2, 0.25) is 5.79 Å². The molecule has 5 saturated carbocycles. The molecule has 3 spiro atoms. The maximum Gasteiger partial charge on any atom is 0.201 e. The fraction of sp³-hybridized carbons (Fsp3) is 0.971. The minimum atomic E-state index is -1.30. The summed E-state index contributed by atoms with van der Waals surface area (Å²) in [5.74, 6) is 0.554. The van der Waals surface area contributed by atoms with Crippen molar-refractivity contribution in [3.8, 4) is 0 Å². The van der Waals surface area contributed by atoms with Crippen LogP contribution in [0.5, 0.6) is 0 Å². The Labute approximate surface area is 265 Å². The van der Waals surface area contributed by atoms with Crippen LogP contribution < -0.4 is 0 Å². The lowest BCUT2D eigenvalue weighted by atomic mass is 9.41. The average molecular weight is 633 g/mol. The van der Waals surface area contributed by atoms with E-state index in [4.69, 9.17) is 23.7 Å². The molecule has 9 rings (SSSR count). The number of ketones is 1. The maximum atomic E-state index is 14.8. The summed E-state index contributed by atoms with van der Waals surface area (Å²) in [5, 5.41) is 41.4. The number of carbonyl (C=O) groups excluding carboxylic acids is 1. The molecule has 0 radical (unpaired) electrons. The van der Waals surface area contributed by atoms with Gasteiger partial charge in [0, 0.05) is 24.2 Å². The van der Waals surface area contributed by atoms with Crippen LogP contribution in [0.15, 0.2) is 0 Å². The van der Waals surface area contributed by atoms with Gasteiger partial charge in [0.15, 0.2) is 12.6 Å². The van der Waals surface area contributed by atoms with Gasteiger partial charge in [-0.05, 0) is 84.9 Å². The molecular weight excluding hydrogens is 580 g/mol. The highest BCUT2D eigenvalue weighted by Crippen LogP contribution is 2.89. The van der Waals surface area contributed by atoms with Crippen molar-refractivity contribution in [2.24, 2.45) is 50.7 Å². The first-order chi connectivity index (χ1) is 21.0. The van der Waals surface area contributed by atoms with Crippen molar-refractivity contribution in [2.75, 3.05) is 6.61 Å². The summed E-state index contributed by atoms with van der Waals surface area (Å²) in [6.45, 7) is 13.3. The Morgan fingerprint density at radius 3 is 2.29 bits per heavy atom. The van der Waals surface area contributed by atoms with E-state index in [1.165, 1.54) is 0 Å². The lowest BCUT2D eigenvalue weighted by molar-refractivity contribution is -0.343. The van der Waals surface area contributed by atoms with Crippen molar-refractivity contribution < 1.29 is 48.9 Å². The summed E-state index contributed by atoms with van der Waals surface area (Å²) in [6.07, 6.45) is 0.806. The van der Waals surface area contributed by atoms with Gasteiger partial charge in [-0.2, -0.15) is 0 Å². The lowest BCUT2D eigenvalue weighted by Crippen LogP contribution is -2.62. The predicted octanol–water partition coefficient (Wildman–Crippen LogP) is 2.67. The molecule has 4 N–H and O–H groups in total. The Morgan fingerprint density at radius 1 is 0.867 bits per heavy atom. The van der Waals surface area contributed by atoms with Crippen LogP contribution >= 0.6 is 0 Å². The highest BCUT2D eigenvalue weighted by Gasteiger charge is 2.86. The second-order valence-corrected chi connectivity index (χ2v) is 18.2. The van der Waals surface area contributed by atoms with Gasteiger partial charge in [0.1, 0.15) is 35.8 Å². The van der Waals surface area contributed by atoms with Gasteiger partial charge in [-0.25, -0.2) is 0 Å². The number of epoxide rings is 1. The SMILES string of the molecule is C[C@@H]1C[C@]2(OC(O)[C@@]3(C)O[C@@H]23)O[C@H]2C[C@@]3(C)[C@@H]4CC[C@H]5C(C)(C)[C@@H](O[C@@H]6OC[C@@H](O)[C@H](O)[C@H]6O)CC[C@@]56C[C@@]46CC(=O)[C@]3(C)[C@@H]12. The predicted molar refractivity (Wildman–Crippen MR) is 157 cm³/mol. The Bertz CT molecular complexity index is 1320. The first-order valence-corrected chi connectivity index (χ1v) is 17.6. The Morgan fingerprint density at radius 2 is 1.60 bits per heavy atom. The fourth-order valence-corrected chi connectivity index (χ4v) is 14.0. The van der Waals surface area contributed by atoms with E-state index in [9.17, 15) is 25.2 Å². The Hall–Kier alpha value is -0.690. The Balaban J connectivity index is 0.998. The van der Waals surface area contributed by atoms with E-state index in [-0.39, 0.29) is 58.4 Å².